The molecule has 2 fully saturated rings. The first kappa shape index (κ1) is 13.4. The Morgan fingerprint density at radius 1 is 1.22 bits per heavy atom. The molecule has 0 aromatic heterocycles. The molecular weight excluding hydrogens is 230 g/mol. The van der Waals surface area contributed by atoms with E-state index in [0.29, 0.717) is 12.2 Å². The molecule has 1 amide bonds. The van der Waals surface area contributed by atoms with E-state index in [1.165, 1.54) is 13.5 Å². The molecule has 0 aliphatic heterocycles. The summed E-state index contributed by atoms with van der Waals surface area (Å²) in [5.74, 6) is 0.338. The Balaban J connectivity index is 2.17. The van der Waals surface area contributed by atoms with Gasteiger partial charge in [0.2, 0.25) is 0 Å². The highest BCUT2D eigenvalue weighted by atomic mass is 16.5. The minimum Gasteiger partial charge on any atom is -0.453 e. The zero-order valence-corrected chi connectivity index (χ0v) is 11.2. The lowest BCUT2D eigenvalue weighted by Gasteiger charge is -2.44. The maximum Gasteiger partial charge on any atom is 0.407 e. The highest BCUT2D eigenvalue weighted by molar-refractivity contribution is 5.84. The lowest BCUT2D eigenvalue weighted by Crippen LogP contribution is -2.57. The zero-order chi connectivity index (χ0) is 13.0. The van der Waals surface area contributed by atoms with Crippen LogP contribution in [-0.2, 0) is 9.53 Å². The van der Waals surface area contributed by atoms with E-state index >= 15 is 0 Å². The van der Waals surface area contributed by atoms with Gasteiger partial charge in [0.15, 0.2) is 0 Å². The first-order valence-electron chi connectivity index (χ1n) is 7.07. The number of carbonyl (C=O) groups is 2. The number of Topliss-reactive ketones (excluding diaryl/α,β-unsaturated/α-hetero) is 1. The molecule has 2 rings (SSSR count). The Bertz CT molecular complexity index is 321. The van der Waals surface area contributed by atoms with Crippen LogP contribution in [0.1, 0.15) is 57.8 Å². The van der Waals surface area contributed by atoms with E-state index in [4.69, 9.17) is 4.74 Å². The average molecular weight is 253 g/mol. The Morgan fingerprint density at radius 3 is 2.56 bits per heavy atom. The van der Waals surface area contributed by atoms with Crippen molar-refractivity contribution in [3.8, 4) is 0 Å². The van der Waals surface area contributed by atoms with Gasteiger partial charge in [0, 0.05) is 12.3 Å². The smallest absolute Gasteiger partial charge is 0.407 e. The van der Waals surface area contributed by atoms with E-state index in [-0.39, 0.29) is 11.5 Å². The molecule has 0 heterocycles. The number of rotatable bonds is 2. The molecule has 2 saturated carbocycles. The van der Waals surface area contributed by atoms with Crippen molar-refractivity contribution in [2.24, 2.45) is 5.92 Å². The predicted octanol–water partition coefficient (Wildman–Crippen LogP) is 2.80. The number of ketones is 1. The van der Waals surface area contributed by atoms with E-state index in [2.05, 4.69) is 5.32 Å². The van der Waals surface area contributed by atoms with Gasteiger partial charge in [-0.1, -0.05) is 25.7 Å². The maximum atomic E-state index is 12.2. The normalized spacial score (nSPS) is 27.6. The lowest BCUT2D eigenvalue weighted by atomic mass is 9.67. The summed E-state index contributed by atoms with van der Waals surface area (Å²) < 4.78 is 4.74. The van der Waals surface area contributed by atoms with Gasteiger partial charge < -0.3 is 10.1 Å². The highest BCUT2D eigenvalue weighted by Gasteiger charge is 2.45. The second kappa shape index (κ2) is 5.72. The van der Waals surface area contributed by atoms with E-state index in [1.807, 2.05) is 0 Å². The van der Waals surface area contributed by atoms with Crippen LogP contribution in [0.15, 0.2) is 0 Å². The molecule has 102 valence electrons. The first-order chi connectivity index (χ1) is 8.68. The number of ether oxygens (including phenoxy) is 1. The number of amides is 1. The SMILES string of the molecule is COC(=O)NC1(C2CCCCC2=O)CCCCC1. The van der Waals surface area contributed by atoms with Gasteiger partial charge >= 0.3 is 6.09 Å². The minimum absolute atomic E-state index is 0.00523. The van der Waals surface area contributed by atoms with Crippen LogP contribution in [0.5, 0.6) is 0 Å². The van der Waals surface area contributed by atoms with Gasteiger partial charge in [0.05, 0.1) is 12.6 Å². The molecule has 0 spiro atoms. The fraction of sp³-hybridized carbons (Fsp3) is 0.857. The third-order valence-electron chi connectivity index (χ3n) is 4.50. The van der Waals surface area contributed by atoms with Crippen molar-refractivity contribution in [1.82, 2.24) is 5.32 Å². The fourth-order valence-corrected chi connectivity index (χ4v) is 3.56. The van der Waals surface area contributed by atoms with Gasteiger partial charge in [0.25, 0.3) is 0 Å². The van der Waals surface area contributed by atoms with E-state index in [0.717, 1.165) is 44.9 Å². The van der Waals surface area contributed by atoms with Crippen molar-refractivity contribution in [2.45, 2.75) is 63.3 Å². The third-order valence-corrected chi connectivity index (χ3v) is 4.50. The largest absolute Gasteiger partial charge is 0.453 e. The van der Waals surface area contributed by atoms with E-state index in [1.54, 1.807) is 0 Å². The van der Waals surface area contributed by atoms with Crippen molar-refractivity contribution in [3.05, 3.63) is 0 Å². The van der Waals surface area contributed by atoms with Crippen LogP contribution in [0.3, 0.4) is 0 Å². The molecule has 0 aromatic rings. The lowest BCUT2D eigenvalue weighted by molar-refractivity contribution is -0.128. The molecule has 0 saturated heterocycles. The van der Waals surface area contributed by atoms with Gasteiger partial charge in [-0.15, -0.1) is 0 Å². The topological polar surface area (TPSA) is 55.4 Å². The summed E-state index contributed by atoms with van der Waals surface area (Å²) in [6.45, 7) is 0. The van der Waals surface area contributed by atoms with Gasteiger partial charge in [-0.2, -0.15) is 0 Å². The standard InChI is InChI=1S/C14H23NO3/c1-18-13(17)15-14(9-5-2-6-10-14)11-7-3-4-8-12(11)16/h11H,2-10H2,1H3,(H,15,17). The van der Waals surface area contributed by atoms with Crippen LogP contribution in [0.2, 0.25) is 0 Å². The van der Waals surface area contributed by atoms with Crippen LogP contribution < -0.4 is 5.32 Å². The summed E-state index contributed by atoms with van der Waals surface area (Å²) in [4.78, 5) is 23.8. The van der Waals surface area contributed by atoms with Crippen molar-refractivity contribution in [3.63, 3.8) is 0 Å². The van der Waals surface area contributed by atoms with Gasteiger partial charge in [-0.3, -0.25) is 4.79 Å². The summed E-state index contributed by atoms with van der Waals surface area (Å²) in [5, 5.41) is 3.00. The number of carbonyl (C=O) groups excluding carboxylic acids is 2. The fourth-order valence-electron chi connectivity index (χ4n) is 3.56. The molecule has 4 heteroatoms. The molecule has 1 N–H and O–H groups in total. The summed E-state index contributed by atoms with van der Waals surface area (Å²) >= 11 is 0. The van der Waals surface area contributed by atoms with Crippen LogP contribution >= 0.6 is 0 Å². The molecular formula is C14H23NO3. The molecule has 18 heavy (non-hydrogen) atoms. The monoisotopic (exact) mass is 253 g/mol. The minimum atomic E-state index is -0.393. The highest BCUT2D eigenvalue weighted by Crippen LogP contribution is 2.40. The second-order valence-electron chi connectivity index (χ2n) is 5.60. The Kier molecular flexibility index (Phi) is 4.25. The molecule has 2 aliphatic rings. The van der Waals surface area contributed by atoms with Crippen molar-refractivity contribution in [1.29, 1.82) is 0 Å². The van der Waals surface area contributed by atoms with Gasteiger partial charge in [-0.25, -0.2) is 4.79 Å². The summed E-state index contributed by atoms with van der Waals surface area (Å²) in [6, 6.07) is 0. The average Bonchev–Trinajstić information content (AvgIpc) is 2.40. The molecule has 0 radical (unpaired) electrons. The molecule has 0 aromatic carbocycles. The molecule has 1 atom stereocenters. The Hall–Kier alpha value is -1.06. The van der Waals surface area contributed by atoms with Crippen LogP contribution in [0.4, 0.5) is 4.79 Å². The molecule has 1 unspecified atom stereocenters. The van der Waals surface area contributed by atoms with Crippen LogP contribution in [-0.4, -0.2) is 24.5 Å². The number of alkyl carbamates (subject to hydrolysis) is 1. The number of hydrogen-bond donors (Lipinski definition) is 1. The van der Waals surface area contributed by atoms with Crippen LogP contribution in [0, 0.1) is 5.92 Å². The second-order valence-corrected chi connectivity index (χ2v) is 5.60. The quantitative estimate of drug-likeness (QED) is 0.823. The van der Waals surface area contributed by atoms with Gasteiger partial charge in [0.1, 0.15) is 5.78 Å². The van der Waals surface area contributed by atoms with E-state index in [9.17, 15) is 9.59 Å². The van der Waals surface area contributed by atoms with Crippen molar-refractivity contribution >= 4 is 11.9 Å². The number of methoxy groups -OCH3 is 1. The van der Waals surface area contributed by atoms with E-state index < -0.39 is 6.09 Å². The third kappa shape index (κ3) is 2.68. The first-order valence-corrected chi connectivity index (χ1v) is 7.07. The van der Waals surface area contributed by atoms with Crippen LogP contribution in [0.25, 0.3) is 0 Å². The number of nitrogens with one attached hydrogen (secondary N) is 1. The Labute approximate surface area is 108 Å². The predicted molar refractivity (Wildman–Crippen MR) is 68.3 cm³/mol. The molecule has 0 bridgehead atoms. The van der Waals surface area contributed by atoms with Crippen molar-refractivity contribution in [2.75, 3.05) is 7.11 Å². The summed E-state index contributed by atoms with van der Waals surface area (Å²) in [7, 11) is 1.38. The summed E-state index contributed by atoms with van der Waals surface area (Å²) in [6.07, 6.45) is 8.52. The molecule has 4 nitrogen and oxygen atoms in total. The van der Waals surface area contributed by atoms with Gasteiger partial charge in [-0.05, 0) is 25.7 Å². The van der Waals surface area contributed by atoms with Crippen molar-refractivity contribution < 1.29 is 14.3 Å². The molecule has 2 aliphatic carbocycles. The Morgan fingerprint density at radius 2 is 1.94 bits per heavy atom. The summed E-state index contributed by atoms with van der Waals surface area (Å²) in [5.41, 5.74) is -0.331. The number of hydrogen-bond acceptors (Lipinski definition) is 3. The zero-order valence-electron chi connectivity index (χ0n) is 11.2. The maximum absolute atomic E-state index is 12.2.